The number of rotatable bonds is 2. The van der Waals surface area contributed by atoms with Crippen LogP contribution in [0.5, 0.6) is 0 Å². The maximum Gasteiger partial charge on any atom is 0.162 e. The van der Waals surface area contributed by atoms with Crippen LogP contribution in [0.25, 0.3) is 0 Å². The lowest BCUT2D eigenvalue weighted by Crippen LogP contribution is -2.08. The van der Waals surface area contributed by atoms with Crippen LogP contribution in [-0.2, 0) is 0 Å². The second-order valence-electron chi connectivity index (χ2n) is 2.09. The quantitative estimate of drug-likeness (QED) is 0.515. The zero-order valence-corrected chi connectivity index (χ0v) is 9.15. The molecule has 0 bridgehead atoms. The molecule has 4 nitrogen and oxygen atoms in total. The summed E-state index contributed by atoms with van der Waals surface area (Å²) in [6, 6.07) is 2.93. The Morgan fingerprint density at radius 2 is 2.08 bits per heavy atom. The van der Waals surface area contributed by atoms with E-state index < -0.39 is 5.03 Å². The second-order valence-corrected chi connectivity index (χ2v) is 3.67. The molecule has 0 aliphatic carbocycles. The van der Waals surface area contributed by atoms with Gasteiger partial charge in [0.25, 0.3) is 0 Å². The lowest BCUT2D eigenvalue weighted by molar-refractivity contribution is -0.445. The Labute approximate surface area is 92.1 Å². The summed E-state index contributed by atoms with van der Waals surface area (Å²) in [4.78, 5) is 10.1. The fourth-order valence-corrected chi connectivity index (χ4v) is 1.58. The van der Waals surface area contributed by atoms with Crippen LogP contribution in [0, 0.1) is 10.1 Å². The minimum Gasteiger partial charge on any atom is -0.235 e. The Kier molecular flexibility index (Phi) is 3.35. The molecule has 13 heavy (non-hydrogen) atoms. The van der Waals surface area contributed by atoms with Gasteiger partial charge >= 0.3 is 0 Å². The van der Waals surface area contributed by atoms with E-state index in [0.717, 1.165) is 0 Å². The van der Waals surface area contributed by atoms with E-state index in [4.69, 9.17) is 23.2 Å². The Bertz CT molecular complexity index is 359. The molecule has 0 saturated carbocycles. The number of nitro groups is 1. The van der Waals surface area contributed by atoms with Crippen molar-refractivity contribution in [3.05, 3.63) is 36.8 Å². The van der Waals surface area contributed by atoms with Crippen molar-refractivity contribution in [2.24, 2.45) is 0 Å². The summed E-state index contributed by atoms with van der Waals surface area (Å²) in [7, 11) is 0. The van der Waals surface area contributed by atoms with Gasteiger partial charge in [-0.3, -0.25) is 0 Å². The van der Waals surface area contributed by atoms with Gasteiger partial charge in [0, 0.05) is 0 Å². The number of anilines is 1. The van der Waals surface area contributed by atoms with E-state index in [-0.39, 0.29) is 10.7 Å². The predicted octanol–water partition coefficient (Wildman–Crippen LogP) is 3.36. The monoisotopic (exact) mass is 284 g/mol. The van der Waals surface area contributed by atoms with Crippen molar-refractivity contribution in [3.63, 3.8) is 0 Å². The molecule has 0 saturated heterocycles. The first kappa shape index (κ1) is 10.6. The summed E-state index contributed by atoms with van der Waals surface area (Å²) < 4.78 is 0.373. The third-order valence-corrected chi connectivity index (χ3v) is 3.10. The highest BCUT2D eigenvalue weighted by Crippen LogP contribution is 2.35. The molecule has 1 rings (SSSR count). The number of nitrogens with one attached hydrogen (secondary N) is 1. The molecule has 0 unspecified atom stereocenters. The molecule has 0 aliphatic heterocycles. The molecule has 1 aromatic carbocycles. The first-order valence-electron chi connectivity index (χ1n) is 3.07. The lowest BCUT2D eigenvalue weighted by atomic mass is 10.3. The van der Waals surface area contributed by atoms with Crippen molar-refractivity contribution < 1.29 is 5.03 Å². The highest BCUT2D eigenvalue weighted by atomic mass is 79.9. The van der Waals surface area contributed by atoms with E-state index in [1.54, 1.807) is 0 Å². The van der Waals surface area contributed by atoms with Gasteiger partial charge in [-0.1, -0.05) is 23.2 Å². The summed E-state index contributed by atoms with van der Waals surface area (Å²) in [5, 5.41) is 10.0. The first-order chi connectivity index (χ1) is 6.02. The van der Waals surface area contributed by atoms with Gasteiger partial charge in [-0.05, 0) is 28.1 Å². The molecule has 0 amide bonds. The summed E-state index contributed by atoms with van der Waals surface area (Å²) in [6.07, 6.45) is 0. The summed E-state index contributed by atoms with van der Waals surface area (Å²) in [5.41, 5.74) is 2.24. The zero-order valence-electron chi connectivity index (χ0n) is 6.05. The van der Waals surface area contributed by atoms with Crippen LogP contribution in [-0.4, -0.2) is 5.03 Å². The molecule has 0 aliphatic rings. The predicted molar refractivity (Wildman–Crippen MR) is 54.8 cm³/mol. The van der Waals surface area contributed by atoms with Gasteiger partial charge in [0.1, 0.15) is 5.69 Å². The van der Waals surface area contributed by atoms with Gasteiger partial charge in [0.2, 0.25) is 0 Å². The molecule has 0 radical (unpaired) electrons. The fourth-order valence-electron chi connectivity index (χ4n) is 0.711. The molecule has 0 aromatic heterocycles. The molecule has 0 heterocycles. The number of nitrogens with zero attached hydrogens (tertiary/aromatic N) is 1. The lowest BCUT2D eigenvalue weighted by Gasteiger charge is -2.03. The number of hydrogen-bond acceptors (Lipinski definition) is 2. The Morgan fingerprint density at radius 1 is 1.46 bits per heavy atom. The molecule has 0 spiro atoms. The number of benzene rings is 1. The third-order valence-electron chi connectivity index (χ3n) is 1.25. The second kappa shape index (κ2) is 4.13. The third kappa shape index (κ3) is 2.46. The average Bonchev–Trinajstić information content (AvgIpc) is 2.06. The Hall–Kier alpha value is -0.520. The Balaban J connectivity index is 3.10. The van der Waals surface area contributed by atoms with Crippen LogP contribution in [0.15, 0.2) is 16.6 Å². The van der Waals surface area contributed by atoms with Crippen LogP contribution in [0.2, 0.25) is 10.0 Å². The van der Waals surface area contributed by atoms with Gasteiger partial charge in [-0.25, -0.2) is 10.1 Å². The highest BCUT2D eigenvalue weighted by Gasteiger charge is 2.10. The molecule has 7 heteroatoms. The summed E-state index contributed by atoms with van der Waals surface area (Å²) >= 11 is 14.5. The normalized spacial score (nSPS) is 9.77. The van der Waals surface area contributed by atoms with Crippen molar-refractivity contribution in [2.45, 2.75) is 0 Å². The van der Waals surface area contributed by atoms with Crippen molar-refractivity contribution in [1.29, 1.82) is 0 Å². The van der Waals surface area contributed by atoms with Crippen LogP contribution >= 0.6 is 39.1 Å². The van der Waals surface area contributed by atoms with E-state index >= 15 is 0 Å². The number of halogens is 3. The van der Waals surface area contributed by atoms with E-state index in [1.807, 2.05) is 5.43 Å². The number of hydrogen-bond donors (Lipinski definition) is 1. The standard InChI is InChI=1S/C6H3BrCl2N2O2/c7-5-4(10-11(12)13)2-1-3(8)6(5)9/h1-2,10H. The van der Waals surface area contributed by atoms with Crippen LogP contribution < -0.4 is 5.43 Å². The maximum absolute atomic E-state index is 10.1. The van der Waals surface area contributed by atoms with Crippen LogP contribution in [0.1, 0.15) is 0 Å². The molecular formula is C6H3BrCl2N2O2. The van der Waals surface area contributed by atoms with Gasteiger partial charge in [0.05, 0.1) is 14.5 Å². The van der Waals surface area contributed by atoms with Crippen molar-refractivity contribution in [2.75, 3.05) is 5.43 Å². The minimum absolute atomic E-state index is 0.244. The first-order valence-corrected chi connectivity index (χ1v) is 4.62. The molecule has 0 atom stereocenters. The van der Waals surface area contributed by atoms with Gasteiger partial charge in [-0.2, -0.15) is 0 Å². The van der Waals surface area contributed by atoms with E-state index in [2.05, 4.69) is 15.9 Å². The SMILES string of the molecule is O=[N+]([O-])Nc1ccc(Cl)c(Cl)c1Br. The highest BCUT2D eigenvalue weighted by molar-refractivity contribution is 9.10. The maximum atomic E-state index is 10.1. The van der Waals surface area contributed by atoms with Crippen molar-refractivity contribution in [1.82, 2.24) is 0 Å². The average molecular weight is 286 g/mol. The molecule has 70 valence electrons. The fraction of sp³-hybridized carbons (Fsp3) is 0. The topological polar surface area (TPSA) is 55.2 Å². The molecule has 0 fully saturated rings. The van der Waals surface area contributed by atoms with Gasteiger partial charge < -0.3 is 0 Å². The smallest absolute Gasteiger partial charge is 0.162 e. The molecular weight excluding hydrogens is 283 g/mol. The van der Waals surface area contributed by atoms with Gasteiger partial charge in [0.15, 0.2) is 5.03 Å². The molecule has 1 aromatic rings. The Morgan fingerprint density at radius 3 is 2.62 bits per heavy atom. The van der Waals surface area contributed by atoms with E-state index in [0.29, 0.717) is 9.50 Å². The zero-order chi connectivity index (χ0) is 10.0. The number of hydrazine groups is 1. The minimum atomic E-state index is -0.676. The summed E-state index contributed by atoms with van der Waals surface area (Å²) in [6.45, 7) is 0. The van der Waals surface area contributed by atoms with Crippen molar-refractivity contribution >= 4 is 44.8 Å². The van der Waals surface area contributed by atoms with Gasteiger partial charge in [-0.15, -0.1) is 5.43 Å². The van der Waals surface area contributed by atoms with Crippen LogP contribution in [0.3, 0.4) is 0 Å². The molecule has 1 N–H and O–H groups in total. The van der Waals surface area contributed by atoms with Crippen LogP contribution in [0.4, 0.5) is 5.69 Å². The van der Waals surface area contributed by atoms with E-state index in [1.165, 1.54) is 12.1 Å². The van der Waals surface area contributed by atoms with Crippen molar-refractivity contribution in [3.8, 4) is 0 Å². The van der Waals surface area contributed by atoms with E-state index in [9.17, 15) is 10.1 Å². The largest absolute Gasteiger partial charge is 0.235 e. The summed E-state index contributed by atoms with van der Waals surface area (Å²) in [5.74, 6) is 0.